The lowest BCUT2D eigenvalue weighted by molar-refractivity contribution is -0.156. The summed E-state index contributed by atoms with van der Waals surface area (Å²) in [5.41, 5.74) is 0.436. The van der Waals surface area contributed by atoms with Gasteiger partial charge in [0.2, 0.25) is 0 Å². The highest BCUT2D eigenvalue weighted by Gasteiger charge is 2.20. The average Bonchev–Trinajstić information content (AvgIpc) is 2.59. The second kappa shape index (κ2) is 9.26. The maximum Gasteiger partial charge on any atom is 0.344 e. The predicted octanol–water partition coefficient (Wildman–Crippen LogP) is 0.664. The second-order valence-electron chi connectivity index (χ2n) is 4.91. The molecule has 1 atom stereocenters. The molecule has 9 heteroatoms. The van der Waals surface area contributed by atoms with Gasteiger partial charge in [-0.3, -0.25) is 14.9 Å². The van der Waals surface area contributed by atoms with E-state index in [0.29, 0.717) is 5.56 Å². The largest absolute Gasteiger partial charge is 0.493 e. The van der Waals surface area contributed by atoms with Gasteiger partial charge in [0.25, 0.3) is 5.91 Å². The zero-order valence-electron chi connectivity index (χ0n) is 14.4. The molecule has 0 radical (unpaired) electrons. The fourth-order valence-corrected chi connectivity index (χ4v) is 1.70. The van der Waals surface area contributed by atoms with Gasteiger partial charge in [0, 0.05) is 12.6 Å². The van der Waals surface area contributed by atoms with Crippen LogP contribution in [0.15, 0.2) is 18.2 Å². The highest BCUT2D eigenvalue weighted by Crippen LogP contribution is 2.28. The molecule has 0 fully saturated rings. The summed E-state index contributed by atoms with van der Waals surface area (Å²) in [5, 5.41) is 4.19. The molecule has 0 bridgehead atoms. The van der Waals surface area contributed by atoms with E-state index in [-0.39, 0.29) is 17.3 Å². The molecule has 1 aromatic rings. The van der Waals surface area contributed by atoms with Crippen molar-refractivity contribution >= 4 is 23.7 Å². The molecule has 1 aromatic carbocycles. The zero-order chi connectivity index (χ0) is 19.0. The first-order chi connectivity index (χ1) is 11.8. The Morgan fingerprint density at radius 1 is 1.16 bits per heavy atom. The summed E-state index contributed by atoms with van der Waals surface area (Å²) in [6.07, 6.45) is -1.17. The first kappa shape index (κ1) is 19.9. The van der Waals surface area contributed by atoms with Crippen molar-refractivity contribution in [3.63, 3.8) is 0 Å². The molecular weight excluding hydrogens is 332 g/mol. The molecule has 25 heavy (non-hydrogen) atoms. The van der Waals surface area contributed by atoms with Crippen molar-refractivity contribution < 1.29 is 33.4 Å². The van der Waals surface area contributed by atoms with Crippen molar-refractivity contribution in [3.8, 4) is 11.5 Å². The molecule has 0 aromatic heterocycles. The summed E-state index contributed by atoms with van der Waals surface area (Å²) in [7, 11) is 2.74. The number of rotatable bonds is 7. The van der Waals surface area contributed by atoms with Crippen molar-refractivity contribution in [1.29, 1.82) is 0 Å². The van der Waals surface area contributed by atoms with Gasteiger partial charge in [-0.05, 0) is 32.0 Å². The van der Waals surface area contributed by atoms with E-state index >= 15 is 0 Å². The van der Waals surface area contributed by atoms with E-state index in [9.17, 15) is 19.2 Å². The number of nitrogens with one attached hydrogen (secondary N) is 2. The molecule has 1 rings (SSSR count). The van der Waals surface area contributed by atoms with Crippen molar-refractivity contribution in [2.45, 2.75) is 20.0 Å². The molecule has 0 saturated carbocycles. The quantitative estimate of drug-likeness (QED) is 0.546. The number of ether oxygens (including phenoxy) is 3. The molecule has 3 amide bonds. The second-order valence-corrected chi connectivity index (χ2v) is 4.91. The number of carbonyl (C=O) groups excluding carboxylic acids is 4. The van der Waals surface area contributed by atoms with Gasteiger partial charge in [-0.2, -0.15) is 0 Å². The lowest BCUT2D eigenvalue weighted by Crippen LogP contribution is -2.43. The third-order valence-corrected chi connectivity index (χ3v) is 3.06. The minimum absolute atomic E-state index is 0.139. The van der Waals surface area contributed by atoms with Crippen LogP contribution in [0.25, 0.3) is 0 Å². The topological polar surface area (TPSA) is 120 Å². The van der Waals surface area contributed by atoms with Crippen molar-refractivity contribution in [2.24, 2.45) is 0 Å². The van der Waals surface area contributed by atoms with Crippen LogP contribution in [-0.2, 0) is 14.3 Å². The van der Waals surface area contributed by atoms with E-state index in [1.165, 1.54) is 46.2 Å². The lowest BCUT2D eigenvalue weighted by atomic mass is 10.1. The predicted molar refractivity (Wildman–Crippen MR) is 86.6 cm³/mol. The third kappa shape index (κ3) is 6.13. The number of Topliss-reactive ketones (excluding diaryl/α,β-unsaturated/α-hetero) is 1. The van der Waals surface area contributed by atoms with Gasteiger partial charge in [0.1, 0.15) is 0 Å². The van der Waals surface area contributed by atoms with Gasteiger partial charge in [0.05, 0.1) is 7.11 Å². The molecule has 9 nitrogen and oxygen atoms in total. The van der Waals surface area contributed by atoms with Crippen LogP contribution in [0.3, 0.4) is 0 Å². The molecule has 0 saturated heterocycles. The summed E-state index contributed by atoms with van der Waals surface area (Å²) in [5.74, 6) is -1.19. The van der Waals surface area contributed by atoms with Crippen molar-refractivity contribution in [1.82, 2.24) is 10.6 Å². The van der Waals surface area contributed by atoms with Crippen molar-refractivity contribution in [2.75, 3.05) is 20.8 Å². The SMILES string of the molecule is CNC(=O)NC(=O)[C@@H](C)OC(=O)COc1ccc(C(C)=O)cc1OC. The van der Waals surface area contributed by atoms with E-state index in [0.717, 1.165) is 0 Å². The van der Waals surface area contributed by atoms with E-state index in [1.807, 2.05) is 5.32 Å². The Hall–Kier alpha value is -3.10. The minimum atomic E-state index is -1.17. The van der Waals surface area contributed by atoms with Gasteiger partial charge in [0.15, 0.2) is 30.0 Å². The van der Waals surface area contributed by atoms with Gasteiger partial charge < -0.3 is 19.5 Å². The molecule has 0 aliphatic carbocycles. The third-order valence-electron chi connectivity index (χ3n) is 3.06. The molecule has 0 spiro atoms. The number of amides is 3. The number of urea groups is 1. The Morgan fingerprint density at radius 3 is 2.40 bits per heavy atom. The number of methoxy groups -OCH3 is 1. The summed E-state index contributed by atoms with van der Waals surface area (Å²) in [6.45, 7) is 2.25. The maximum absolute atomic E-state index is 11.7. The van der Waals surface area contributed by atoms with Gasteiger partial charge in [-0.15, -0.1) is 0 Å². The Labute approximate surface area is 144 Å². The average molecular weight is 352 g/mol. The fraction of sp³-hybridized carbons (Fsp3) is 0.375. The molecule has 0 unspecified atom stereocenters. The Balaban J connectivity index is 2.60. The van der Waals surface area contributed by atoms with Gasteiger partial charge in [-0.25, -0.2) is 9.59 Å². The first-order valence-electron chi connectivity index (χ1n) is 7.32. The number of hydrogen-bond donors (Lipinski definition) is 2. The van der Waals surface area contributed by atoms with Crippen LogP contribution in [0.2, 0.25) is 0 Å². The summed E-state index contributed by atoms with van der Waals surface area (Å²) < 4.78 is 15.3. The van der Waals surface area contributed by atoms with E-state index < -0.39 is 30.6 Å². The first-order valence-corrected chi connectivity index (χ1v) is 7.32. The number of ketones is 1. The number of hydrogen-bond acceptors (Lipinski definition) is 7. The maximum atomic E-state index is 11.7. The summed E-state index contributed by atoms with van der Waals surface area (Å²) in [4.78, 5) is 45.7. The molecule has 0 aliphatic rings. The normalized spacial score (nSPS) is 11.0. The molecule has 0 aliphatic heterocycles. The fourth-order valence-electron chi connectivity index (χ4n) is 1.70. The Bertz CT molecular complexity index is 672. The van der Waals surface area contributed by atoms with Crippen LogP contribution < -0.4 is 20.1 Å². The highest BCUT2D eigenvalue weighted by atomic mass is 16.6. The summed E-state index contributed by atoms with van der Waals surface area (Å²) >= 11 is 0. The standard InChI is InChI=1S/C16H20N2O7/c1-9(19)11-5-6-12(13(7-11)23-4)24-8-14(20)25-10(2)15(21)18-16(22)17-3/h5-7,10H,8H2,1-4H3,(H2,17,18,21,22)/t10-/m1/s1. The Kier molecular flexibility index (Phi) is 7.39. The monoisotopic (exact) mass is 352 g/mol. The Morgan fingerprint density at radius 2 is 1.84 bits per heavy atom. The van der Waals surface area contributed by atoms with Crippen LogP contribution in [0.4, 0.5) is 4.79 Å². The highest BCUT2D eigenvalue weighted by molar-refractivity contribution is 5.97. The van der Waals surface area contributed by atoms with Gasteiger partial charge >= 0.3 is 12.0 Å². The minimum Gasteiger partial charge on any atom is -0.493 e. The molecule has 2 N–H and O–H groups in total. The molecular formula is C16H20N2O7. The molecule has 0 heterocycles. The van der Waals surface area contributed by atoms with Crippen LogP contribution in [0, 0.1) is 0 Å². The summed E-state index contributed by atoms with van der Waals surface area (Å²) in [6, 6.07) is 3.80. The van der Waals surface area contributed by atoms with E-state index in [2.05, 4.69) is 5.32 Å². The molecule has 136 valence electrons. The smallest absolute Gasteiger partial charge is 0.344 e. The van der Waals surface area contributed by atoms with Crippen LogP contribution in [0.1, 0.15) is 24.2 Å². The number of carbonyl (C=O) groups is 4. The van der Waals surface area contributed by atoms with Crippen LogP contribution >= 0.6 is 0 Å². The van der Waals surface area contributed by atoms with Crippen molar-refractivity contribution in [3.05, 3.63) is 23.8 Å². The van der Waals surface area contributed by atoms with Gasteiger partial charge in [-0.1, -0.05) is 0 Å². The lowest BCUT2D eigenvalue weighted by Gasteiger charge is -2.14. The number of imide groups is 1. The van der Waals surface area contributed by atoms with Crippen LogP contribution in [-0.4, -0.2) is 50.6 Å². The number of benzene rings is 1. The van der Waals surface area contributed by atoms with E-state index in [4.69, 9.17) is 14.2 Å². The van der Waals surface area contributed by atoms with Crippen LogP contribution in [0.5, 0.6) is 11.5 Å². The number of esters is 1. The van der Waals surface area contributed by atoms with E-state index in [1.54, 1.807) is 0 Å². The zero-order valence-corrected chi connectivity index (χ0v) is 14.4.